The molecule has 0 unspecified atom stereocenters. The molecule has 4 heterocycles. The quantitative estimate of drug-likeness (QED) is 0.389. The highest BCUT2D eigenvalue weighted by molar-refractivity contribution is 6.02. The summed E-state index contributed by atoms with van der Waals surface area (Å²) in [4.78, 5) is 24.4. The van der Waals surface area contributed by atoms with Crippen LogP contribution in [0.4, 0.5) is 19.1 Å². The van der Waals surface area contributed by atoms with Crippen molar-refractivity contribution < 1.29 is 22.7 Å². The minimum atomic E-state index is -4.54. The number of ether oxygens (including phenoxy) is 1. The average molecular weight is 461 g/mol. The summed E-state index contributed by atoms with van der Waals surface area (Å²) in [6.07, 6.45) is 1.78. The zero-order valence-electron chi connectivity index (χ0n) is 18.1. The van der Waals surface area contributed by atoms with E-state index in [9.17, 15) is 18.0 Å². The highest BCUT2D eigenvalue weighted by Crippen LogP contribution is 2.29. The maximum absolute atomic E-state index is 12.8. The van der Waals surface area contributed by atoms with Gasteiger partial charge in [0.2, 0.25) is 5.95 Å². The van der Waals surface area contributed by atoms with E-state index >= 15 is 0 Å². The Hall–Kier alpha value is -3.67. The van der Waals surface area contributed by atoms with Crippen LogP contribution >= 0.6 is 0 Å². The molecule has 3 N–H and O–H groups in total. The van der Waals surface area contributed by atoms with Gasteiger partial charge < -0.3 is 20.4 Å². The van der Waals surface area contributed by atoms with Crippen LogP contribution in [0.3, 0.4) is 0 Å². The number of halogens is 3. The number of pyridine rings is 1. The van der Waals surface area contributed by atoms with Crippen molar-refractivity contribution in [2.24, 2.45) is 0 Å². The van der Waals surface area contributed by atoms with Crippen LogP contribution < -0.4 is 10.6 Å². The van der Waals surface area contributed by atoms with E-state index in [0.29, 0.717) is 23.7 Å². The molecular weight excluding hydrogens is 439 g/mol. The first-order valence-corrected chi connectivity index (χ1v) is 10.1. The van der Waals surface area contributed by atoms with Crippen LogP contribution in [-0.2, 0) is 4.74 Å². The highest BCUT2D eigenvalue weighted by Gasteiger charge is 2.37. The first-order chi connectivity index (χ1) is 15.7. The standard InChI is InChI=1S/C21H22F3N7O2/c1-11(10-33-3)28-20-26-8-15-14(7-25-18(15)30-20)13-4-5-31-17(6-13)16(9-27-31)19(32)29-12(2)21(22,23)24/h4-9,11-12H,10H2,1-3H3,(H,29,32)(H2,25,26,28,30)/t11-,12+/m0/s1. The zero-order chi connectivity index (χ0) is 23.8. The number of rotatable bonds is 7. The molecule has 0 aliphatic heterocycles. The Kier molecular flexibility index (Phi) is 5.93. The Labute approximate surface area is 186 Å². The fourth-order valence-electron chi connectivity index (χ4n) is 3.41. The van der Waals surface area contributed by atoms with E-state index in [-0.39, 0.29) is 11.6 Å². The minimum absolute atomic E-state index is 0.0239. The molecule has 12 heteroatoms. The molecule has 0 aliphatic carbocycles. The van der Waals surface area contributed by atoms with Crippen LogP contribution in [0, 0.1) is 0 Å². The van der Waals surface area contributed by atoms with Gasteiger partial charge in [-0.2, -0.15) is 23.3 Å². The van der Waals surface area contributed by atoms with Crippen molar-refractivity contribution in [1.82, 2.24) is 29.9 Å². The van der Waals surface area contributed by atoms with E-state index < -0.39 is 18.1 Å². The number of methoxy groups -OCH3 is 1. The van der Waals surface area contributed by atoms with Crippen molar-refractivity contribution in [3.63, 3.8) is 0 Å². The lowest BCUT2D eigenvalue weighted by Crippen LogP contribution is -2.43. The molecule has 174 valence electrons. The molecule has 0 aromatic carbocycles. The molecule has 2 atom stereocenters. The van der Waals surface area contributed by atoms with Gasteiger partial charge in [-0.3, -0.25) is 4.79 Å². The Morgan fingerprint density at radius 1 is 1.30 bits per heavy atom. The van der Waals surface area contributed by atoms with Crippen LogP contribution in [-0.4, -0.2) is 62.4 Å². The van der Waals surface area contributed by atoms with Gasteiger partial charge in [0.05, 0.1) is 23.9 Å². The second kappa shape index (κ2) is 8.70. The summed E-state index contributed by atoms with van der Waals surface area (Å²) in [6.45, 7) is 3.33. The maximum Gasteiger partial charge on any atom is 0.408 e. The summed E-state index contributed by atoms with van der Waals surface area (Å²) >= 11 is 0. The first kappa shape index (κ1) is 22.5. The summed E-state index contributed by atoms with van der Waals surface area (Å²) in [5.74, 6) is -0.403. The Balaban J connectivity index is 1.65. The number of anilines is 1. The second-order valence-electron chi connectivity index (χ2n) is 7.70. The number of alkyl halides is 3. The van der Waals surface area contributed by atoms with Gasteiger partial charge >= 0.3 is 6.18 Å². The summed E-state index contributed by atoms with van der Waals surface area (Å²) in [6, 6.07) is 1.52. The molecule has 0 radical (unpaired) electrons. The lowest BCUT2D eigenvalue weighted by atomic mass is 10.1. The van der Waals surface area contributed by atoms with E-state index in [1.54, 1.807) is 37.8 Å². The molecule has 9 nitrogen and oxygen atoms in total. The van der Waals surface area contributed by atoms with Crippen LogP contribution in [0.2, 0.25) is 0 Å². The van der Waals surface area contributed by atoms with Gasteiger partial charge in [0, 0.05) is 42.7 Å². The normalized spacial score (nSPS) is 13.9. The molecule has 0 aliphatic rings. The van der Waals surface area contributed by atoms with Crippen LogP contribution in [0.1, 0.15) is 24.2 Å². The molecule has 4 rings (SSSR count). The molecule has 1 amide bonds. The predicted molar refractivity (Wildman–Crippen MR) is 116 cm³/mol. The van der Waals surface area contributed by atoms with Crippen molar-refractivity contribution >= 4 is 28.4 Å². The summed E-state index contributed by atoms with van der Waals surface area (Å²) in [5, 5.41) is 9.94. The largest absolute Gasteiger partial charge is 0.408 e. The van der Waals surface area contributed by atoms with Crippen LogP contribution in [0.15, 0.2) is 36.9 Å². The second-order valence-corrected chi connectivity index (χ2v) is 7.70. The number of aromatic amines is 1. The van der Waals surface area contributed by atoms with Crippen molar-refractivity contribution in [2.75, 3.05) is 19.0 Å². The fourth-order valence-corrected chi connectivity index (χ4v) is 3.41. The molecule has 4 aromatic heterocycles. The highest BCUT2D eigenvalue weighted by atomic mass is 19.4. The molecule has 4 aromatic rings. The number of hydrogen-bond acceptors (Lipinski definition) is 6. The maximum atomic E-state index is 12.8. The number of nitrogens with one attached hydrogen (secondary N) is 3. The van der Waals surface area contributed by atoms with E-state index in [1.807, 2.05) is 12.2 Å². The summed E-state index contributed by atoms with van der Waals surface area (Å²) in [7, 11) is 1.61. The van der Waals surface area contributed by atoms with Gasteiger partial charge in [0.1, 0.15) is 11.7 Å². The monoisotopic (exact) mass is 461 g/mol. The Bertz CT molecular complexity index is 1300. The third-order valence-electron chi connectivity index (χ3n) is 5.14. The summed E-state index contributed by atoms with van der Waals surface area (Å²) in [5.41, 5.74) is 2.53. The molecule has 0 saturated heterocycles. The summed E-state index contributed by atoms with van der Waals surface area (Å²) < 4.78 is 45.0. The minimum Gasteiger partial charge on any atom is -0.383 e. The van der Waals surface area contributed by atoms with Gasteiger partial charge in [-0.15, -0.1) is 0 Å². The van der Waals surface area contributed by atoms with Crippen molar-refractivity contribution in [3.05, 3.63) is 42.5 Å². The lowest BCUT2D eigenvalue weighted by molar-refractivity contribution is -0.149. The van der Waals surface area contributed by atoms with E-state index in [0.717, 1.165) is 23.4 Å². The van der Waals surface area contributed by atoms with Crippen LogP contribution in [0.5, 0.6) is 0 Å². The van der Waals surface area contributed by atoms with Gasteiger partial charge in [-0.25, -0.2) is 9.50 Å². The SMILES string of the molecule is COC[C@H](C)Nc1ncc2c(-c3ccn4ncc(C(=O)N[C@H](C)C(F)(F)F)c4c3)c[nH]c2n1. The van der Waals surface area contributed by atoms with Crippen molar-refractivity contribution in [1.29, 1.82) is 0 Å². The number of fused-ring (bicyclic) bond motifs is 2. The lowest BCUT2D eigenvalue weighted by Gasteiger charge is -2.16. The van der Waals surface area contributed by atoms with Gasteiger partial charge in [-0.1, -0.05) is 0 Å². The zero-order valence-corrected chi connectivity index (χ0v) is 18.1. The van der Waals surface area contributed by atoms with Gasteiger partial charge in [0.15, 0.2) is 0 Å². The number of hydrogen-bond donors (Lipinski definition) is 3. The number of nitrogens with zero attached hydrogens (tertiary/aromatic N) is 4. The third kappa shape index (κ3) is 4.60. The molecule has 0 bridgehead atoms. The molecule has 0 spiro atoms. The molecule has 0 fully saturated rings. The number of amides is 1. The molecule has 33 heavy (non-hydrogen) atoms. The Morgan fingerprint density at radius 2 is 2.09 bits per heavy atom. The fraction of sp³-hybridized carbons (Fsp3) is 0.333. The van der Waals surface area contributed by atoms with Crippen molar-refractivity contribution in [2.45, 2.75) is 32.1 Å². The molecular formula is C21H22F3N7O2. The van der Waals surface area contributed by atoms with Gasteiger partial charge in [0.25, 0.3) is 5.91 Å². The molecule has 0 saturated carbocycles. The Morgan fingerprint density at radius 3 is 2.82 bits per heavy atom. The number of carbonyl (C=O) groups excluding carboxylic acids is 1. The van der Waals surface area contributed by atoms with E-state index in [2.05, 4.69) is 25.4 Å². The van der Waals surface area contributed by atoms with Crippen molar-refractivity contribution in [3.8, 4) is 11.1 Å². The van der Waals surface area contributed by atoms with Gasteiger partial charge in [-0.05, 0) is 31.5 Å². The number of aromatic nitrogens is 5. The first-order valence-electron chi connectivity index (χ1n) is 10.1. The number of carbonyl (C=O) groups is 1. The predicted octanol–water partition coefficient (Wildman–Crippen LogP) is 3.40. The van der Waals surface area contributed by atoms with Crippen LogP contribution in [0.25, 0.3) is 27.7 Å². The average Bonchev–Trinajstić information content (AvgIpc) is 3.36. The smallest absolute Gasteiger partial charge is 0.383 e. The van der Waals surface area contributed by atoms with E-state index in [4.69, 9.17) is 4.74 Å². The van der Waals surface area contributed by atoms with E-state index in [1.165, 1.54) is 10.7 Å². The third-order valence-corrected chi connectivity index (χ3v) is 5.14. The number of H-pyrrole nitrogens is 1. The topological polar surface area (TPSA) is 109 Å².